The first-order valence-corrected chi connectivity index (χ1v) is 6.07. The van der Waals surface area contributed by atoms with Crippen molar-refractivity contribution < 1.29 is 17.6 Å². The molecule has 24 heavy (non-hydrogen) atoms. The van der Waals surface area contributed by atoms with Crippen LogP contribution in [0.5, 0.6) is 0 Å². The summed E-state index contributed by atoms with van der Waals surface area (Å²) < 4.78 is 50.1. The zero-order chi connectivity index (χ0) is 18.1. The fourth-order valence-electron chi connectivity index (χ4n) is 1.44. The van der Waals surface area contributed by atoms with E-state index in [4.69, 9.17) is 15.8 Å². The van der Waals surface area contributed by atoms with Crippen molar-refractivity contribution in [3.8, 4) is 18.6 Å². The molecular formula is C15H7F4N5. The van der Waals surface area contributed by atoms with Gasteiger partial charge in [-0.2, -0.15) is 20.7 Å². The van der Waals surface area contributed by atoms with Crippen LogP contribution in [0, 0.1) is 57.6 Å². The van der Waals surface area contributed by atoms with Crippen LogP contribution in [0.25, 0.3) is 0 Å². The van der Waals surface area contributed by atoms with Crippen molar-refractivity contribution in [3.63, 3.8) is 0 Å². The monoisotopic (exact) mass is 333 g/mol. The molecule has 2 rings (SSSR count). The van der Waals surface area contributed by atoms with E-state index >= 15 is 0 Å². The highest BCUT2D eigenvalue weighted by atomic mass is 19.1. The van der Waals surface area contributed by atoms with E-state index in [-0.39, 0.29) is 11.4 Å². The Morgan fingerprint density at radius 1 is 0.792 bits per heavy atom. The maximum atomic E-state index is 12.9. The second-order valence-corrected chi connectivity index (χ2v) is 3.99. The smallest absolute Gasteiger partial charge is 0.198 e. The highest BCUT2D eigenvalue weighted by Gasteiger charge is 2.10. The molecule has 0 unspecified atom stereocenters. The Kier molecular flexibility index (Phi) is 6.56. The number of nitrogens with zero attached hydrogens (tertiary/aromatic N) is 4. The third-order valence-corrected chi connectivity index (χ3v) is 2.47. The van der Waals surface area contributed by atoms with Crippen LogP contribution in [0.15, 0.2) is 36.4 Å². The molecule has 0 aliphatic rings. The second-order valence-electron chi connectivity index (χ2n) is 3.99. The van der Waals surface area contributed by atoms with E-state index in [1.807, 2.05) is 0 Å². The fraction of sp³-hybridized carbons (Fsp3) is 0. The van der Waals surface area contributed by atoms with E-state index in [0.29, 0.717) is 17.0 Å². The van der Waals surface area contributed by atoms with Crippen molar-refractivity contribution in [1.82, 2.24) is 0 Å². The third kappa shape index (κ3) is 4.90. The van der Waals surface area contributed by atoms with Crippen molar-refractivity contribution in [2.24, 2.45) is 0 Å². The predicted molar refractivity (Wildman–Crippen MR) is 75.7 cm³/mol. The summed E-state index contributed by atoms with van der Waals surface area (Å²) in [6, 6.07) is 5.55. The molecule has 2 aromatic rings. The molecule has 0 saturated heterocycles. The van der Waals surface area contributed by atoms with Crippen molar-refractivity contribution >= 4 is 11.4 Å². The molecular weight excluding hydrogens is 326 g/mol. The van der Waals surface area contributed by atoms with Gasteiger partial charge in [0.1, 0.15) is 23.1 Å². The minimum atomic E-state index is -0.942. The van der Waals surface area contributed by atoms with Gasteiger partial charge in [0.2, 0.25) is 0 Å². The van der Waals surface area contributed by atoms with E-state index in [1.54, 1.807) is 0 Å². The van der Waals surface area contributed by atoms with Crippen LogP contribution < -0.4 is 10.2 Å². The van der Waals surface area contributed by atoms with Crippen LogP contribution in [-0.2, 0) is 0 Å². The van der Waals surface area contributed by atoms with E-state index in [0.717, 1.165) is 24.3 Å². The van der Waals surface area contributed by atoms with Gasteiger partial charge in [-0.05, 0) is 24.3 Å². The van der Waals surface area contributed by atoms with Crippen molar-refractivity contribution in [2.75, 3.05) is 10.2 Å². The van der Waals surface area contributed by atoms with Gasteiger partial charge in [0, 0.05) is 12.1 Å². The molecule has 5 nitrogen and oxygen atoms in total. The molecule has 0 amide bonds. The van der Waals surface area contributed by atoms with Gasteiger partial charge in [0.15, 0.2) is 24.4 Å². The minimum Gasteiger partial charge on any atom is -0.290 e. The van der Waals surface area contributed by atoms with Gasteiger partial charge in [-0.15, -0.1) is 0 Å². The Balaban J connectivity index is 0.000000243. The number of hydrogen-bond acceptors (Lipinski definition) is 5. The van der Waals surface area contributed by atoms with Crippen LogP contribution in [0.3, 0.4) is 0 Å². The summed E-state index contributed by atoms with van der Waals surface area (Å²) in [5, 5.41) is 26.9. The topological polar surface area (TPSA) is 86.6 Å². The van der Waals surface area contributed by atoms with Crippen molar-refractivity contribution in [3.05, 3.63) is 59.7 Å². The number of nitriles is 3. The molecule has 0 saturated carbocycles. The zero-order valence-electron chi connectivity index (χ0n) is 11.8. The molecule has 0 atom stereocenters. The Bertz CT molecular complexity index is 834. The number of halogens is 4. The van der Waals surface area contributed by atoms with E-state index < -0.39 is 23.3 Å². The van der Waals surface area contributed by atoms with Crippen LogP contribution in [0.2, 0.25) is 0 Å². The van der Waals surface area contributed by atoms with E-state index in [9.17, 15) is 17.6 Å². The lowest BCUT2D eigenvalue weighted by atomic mass is 10.3. The minimum absolute atomic E-state index is 0.0195. The SMILES string of the molecule is N#CN(C#N)c1ccc(F)cc1F.N#CNc1ccc(F)cc1F. The van der Waals surface area contributed by atoms with Gasteiger partial charge in [-0.1, -0.05) is 0 Å². The van der Waals surface area contributed by atoms with Crippen molar-refractivity contribution in [1.29, 1.82) is 15.8 Å². The molecule has 9 heteroatoms. The third-order valence-electron chi connectivity index (χ3n) is 2.47. The Labute approximate surface area is 134 Å². The summed E-state index contributed by atoms with van der Waals surface area (Å²) in [6.45, 7) is 0. The van der Waals surface area contributed by atoms with Gasteiger partial charge in [-0.25, -0.2) is 17.6 Å². The molecule has 0 bridgehead atoms. The average Bonchev–Trinajstić information content (AvgIpc) is 2.54. The summed E-state index contributed by atoms with van der Waals surface area (Å²) in [5.74, 6) is -3.13. The molecule has 1 N–H and O–H groups in total. The first-order chi connectivity index (χ1) is 11.4. The summed E-state index contributed by atoms with van der Waals surface area (Å²) in [7, 11) is 0. The number of nitrogens with one attached hydrogen (secondary N) is 1. The Hall–Kier alpha value is -3.77. The maximum Gasteiger partial charge on any atom is 0.198 e. The lowest BCUT2D eigenvalue weighted by Crippen LogP contribution is -2.09. The number of anilines is 2. The first-order valence-electron chi connectivity index (χ1n) is 6.07. The molecule has 0 aromatic heterocycles. The normalized spacial score (nSPS) is 8.71. The molecule has 0 heterocycles. The number of hydrogen-bond donors (Lipinski definition) is 1. The maximum absolute atomic E-state index is 12.9. The zero-order valence-corrected chi connectivity index (χ0v) is 11.8. The molecule has 2 aromatic carbocycles. The lowest BCUT2D eigenvalue weighted by Gasteiger charge is -2.05. The highest BCUT2D eigenvalue weighted by molar-refractivity contribution is 5.55. The quantitative estimate of drug-likeness (QED) is 0.515. The summed E-state index contributed by atoms with van der Waals surface area (Å²) in [6.07, 6.45) is 4.41. The molecule has 0 aliphatic carbocycles. The summed E-state index contributed by atoms with van der Waals surface area (Å²) >= 11 is 0. The molecule has 0 radical (unpaired) electrons. The molecule has 0 aliphatic heterocycles. The first kappa shape index (κ1) is 18.3. The second kappa shape index (κ2) is 8.62. The summed E-state index contributed by atoms with van der Waals surface area (Å²) in [5.41, 5.74) is -0.277. The standard InChI is InChI=1S/C8H3F2N3.C7H4F2N2/c9-6-1-2-8(7(10)3-6)13(4-11)5-12;8-5-1-2-7(11-4-10)6(9)3-5/h1-3H;1-3,11H. The Morgan fingerprint density at radius 2 is 1.33 bits per heavy atom. The van der Waals surface area contributed by atoms with Gasteiger partial charge in [0.25, 0.3) is 0 Å². The molecule has 120 valence electrons. The van der Waals surface area contributed by atoms with Crippen LogP contribution >= 0.6 is 0 Å². The summed E-state index contributed by atoms with van der Waals surface area (Å²) in [4.78, 5) is 0.453. The van der Waals surface area contributed by atoms with Gasteiger partial charge in [-0.3, -0.25) is 5.32 Å². The Morgan fingerprint density at radius 3 is 1.79 bits per heavy atom. The van der Waals surface area contributed by atoms with Gasteiger partial charge < -0.3 is 0 Å². The van der Waals surface area contributed by atoms with E-state index in [2.05, 4.69) is 5.32 Å². The number of benzene rings is 2. The number of rotatable bonds is 2. The average molecular weight is 333 g/mol. The van der Waals surface area contributed by atoms with Crippen molar-refractivity contribution in [2.45, 2.75) is 0 Å². The molecule has 0 spiro atoms. The van der Waals surface area contributed by atoms with Gasteiger partial charge >= 0.3 is 0 Å². The van der Waals surface area contributed by atoms with Crippen LogP contribution in [0.1, 0.15) is 0 Å². The van der Waals surface area contributed by atoms with Crippen LogP contribution in [-0.4, -0.2) is 0 Å². The lowest BCUT2D eigenvalue weighted by molar-refractivity contribution is 0.584. The predicted octanol–water partition coefficient (Wildman–Crippen LogP) is 3.59. The largest absolute Gasteiger partial charge is 0.290 e. The van der Waals surface area contributed by atoms with E-state index in [1.165, 1.54) is 18.6 Å². The highest BCUT2D eigenvalue weighted by Crippen LogP contribution is 2.18. The van der Waals surface area contributed by atoms with Crippen LogP contribution in [0.4, 0.5) is 28.9 Å². The molecule has 0 fully saturated rings. The fourth-order valence-corrected chi connectivity index (χ4v) is 1.44. The van der Waals surface area contributed by atoms with Gasteiger partial charge in [0.05, 0.1) is 5.69 Å².